The van der Waals surface area contributed by atoms with Gasteiger partial charge in [-0.2, -0.15) is 13.1 Å². The smallest absolute Gasteiger partial charge is 0.314 e. The number of halogens is 2. The fourth-order valence-electron chi connectivity index (χ4n) is 4.30. The lowest BCUT2D eigenvalue weighted by atomic mass is 9.90. The molecule has 9 nitrogen and oxygen atoms in total. The minimum Gasteiger partial charge on any atom is -0.415 e. The fraction of sp³-hybridized carbons (Fsp3) is 0.579. The van der Waals surface area contributed by atoms with E-state index >= 15 is 0 Å². The topological polar surface area (TPSA) is 118 Å². The third-order valence-electron chi connectivity index (χ3n) is 6.07. The Balaban J connectivity index is 1.42. The number of carbonyl (C=O) groups is 1. The molecule has 1 amide bonds. The van der Waals surface area contributed by atoms with Gasteiger partial charge in [0, 0.05) is 24.2 Å². The lowest BCUT2D eigenvalue weighted by Gasteiger charge is -2.37. The second-order valence-electron chi connectivity index (χ2n) is 8.21. The van der Waals surface area contributed by atoms with Crippen molar-refractivity contribution in [1.82, 2.24) is 24.8 Å². The van der Waals surface area contributed by atoms with E-state index in [4.69, 9.17) is 4.42 Å². The van der Waals surface area contributed by atoms with Crippen molar-refractivity contribution in [3.63, 3.8) is 0 Å². The van der Waals surface area contributed by atoms with Gasteiger partial charge in [-0.3, -0.25) is 9.78 Å². The molecule has 2 saturated carbocycles. The van der Waals surface area contributed by atoms with E-state index in [1.165, 1.54) is 16.6 Å². The minimum atomic E-state index is -3.88. The van der Waals surface area contributed by atoms with E-state index in [0.29, 0.717) is 12.1 Å². The van der Waals surface area contributed by atoms with Crippen LogP contribution in [-0.2, 0) is 21.4 Å². The van der Waals surface area contributed by atoms with Crippen molar-refractivity contribution in [2.45, 2.75) is 68.5 Å². The Bertz CT molecular complexity index is 1120. The molecule has 31 heavy (non-hydrogen) atoms. The van der Waals surface area contributed by atoms with E-state index in [1.54, 1.807) is 0 Å². The van der Waals surface area contributed by atoms with Crippen LogP contribution in [0.1, 0.15) is 56.5 Å². The summed E-state index contributed by atoms with van der Waals surface area (Å²) in [6.45, 7) is 0.102. The quantitative estimate of drug-likeness (QED) is 0.739. The predicted octanol–water partition coefficient (Wildman–Crippen LogP) is 2.41. The number of pyridine rings is 1. The lowest BCUT2D eigenvalue weighted by molar-refractivity contribution is -0.123. The summed E-state index contributed by atoms with van der Waals surface area (Å²) in [5.74, 6) is -1.01. The number of fused-ring (bicyclic) bond motifs is 1. The van der Waals surface area contributed by atoms with Crippen LogP contribution >= 0.6 is 0 Å². The van der Waals surface area contributed by atoms with Crippen LogP contribution in [0.4, 0.5) is 8.78 Å². The van der Waals surface area contributed by atoms with Crippen LogP contribution in [-0.4, -0.2) is 45.9 Å². The molecule has 5 rings (SSSR count). The van der Waals surface area contributed by atoms with E-state index in [0.717, 1.165) is 32.1 Å². The van der Waals surface area contributed by atoms with Gasteiger partial charge >= 0.3 is 6.43 Å². The summed E-state index contributed by atoms with van der Waals surface area (Å²) in [7, 11) is -3.88. The van der Waals surface area contributed by atoms with Gasteiger partial charge in [-0.05, 0) is 31.7 Å². The van der Waals surface area contributed by atoms with Gasteiger partial charge < -0.3 is 9.73 Å². The van der Waals surface area contributed by atoms with Crippen molar-refractivity contribution in [2.24, 2.45) is 5.92 Å². The molecule has 3 heterocycles. The molecule has 1 aliphatic heterocycles. The molecular weight excluding hydrogens is 432 g/mol. The molecule has 2 fully saturated rings. The van der Waals surface area contributed by atoms with Crippen molar-refractivity contribution < 1.29 is 26.4 Å². The van der Waals surface area contributed by atoms with Gasteiger partial charge in [0.15, 0.2) is 0 Å². The Labute approximate surface area is 177 Å². The van der Waals surface area contributed by atoms with Crippen LogP contribution in [0, 0.1) is 5.92 Å². The maximum atomic E-state index is 13.3. The number of alkyl halides is 2. The lowest BCUT2D eigenvalue weighted by Crippen LogP contribution is -2.53. The first-order chi connectivity index (χ1) is 14.8. The molecule has 166 valence electrons. The first-order valence-electron chi connectivity index (χ1n) is 10.3. The largest absolute Gasteiger partial charge is 0.415 e. The van der Waals surface area contributed by atoms with Crippen LogP contribution < -0.4 is 5.32 Å². The first-order valence-corrected chi connectivity index (χ1v) is 11.7. The zero-order valence-corrected chi connectivity index (χ0v) is 17.3. The van der Waals surface area contributed by atoms with Gasteiger partial charge in [-0.15, -0.1) is 10.2 Å². The van der Waals surface area contributed by atoms with Crippen molar-refractivity contribution >= 4 is 15.9 Å². The summed E-state index contributed by atoms with van der Waals surface area (Å²) in [6.07, 6.45) is 3.36. The molecule has 0 saturated heterocycles. The SMILES string of the molecule is O=C(N[C@@H]1CCCC[C@H]1N1Cc2ncc(-c3nnc(C(F)F)o3)cc2S1(=O)=O)C1CC1. The molecule has 1 N–H and O–H groups in total. The summed E-state index contributed by atoms with van der Waals surface area (Å²) in [5.41, 5.74) is 0.529. The van der Waals surface area contributed by atoms with Crippen molar-refractivity contribution in [2.75, 3.05) is 0 Å². The molecule has 3 aliphatic rings. The van der Waals surface area contributed by atoms with Gasteiger partial charge in [0.25, 0.3) is 5.89 Å². The highest BCUT2D eigenvalue weighted by Crippen LogP contribution is 2.38. The molecule has 0 bridgehead atoms. The molecule has 12 heteroatoms. The number of nitrogens with zero attached hydrogens (tertiary/aromatic N) is 4. The van der Waals surface area contributed by atoms with Crippen LogP contribution in [0.15, 0.2) is 21.6 Å². The monoisotopic (exact) mass is 453 g/mol. The third-order valence-corrected chi connectivity index (χ3v) is 8.00. The van der Waals surface area contributed by atoms with Gasteiger partial charge in [0.05, 0.1) is 17.8 Å². The summed E-state index contributed by atoms with van der Waals surface area (Å²) in [4.78, 5) is 16.5. The van der Waals surface area contributed by atoms with E-state index < -0.39 is 22.3 Å². The Kier molecular flexibility index (Phi) is 5.00. The highest BCUT2D eigenvalue weighted by Gasteiger charge is 2.45. The molecule has 0 unspecified atom stereocenters. The number of sulfonamides is 1. The van der Waals surface area contributed by atoms with Gasteiger partial charge in [-0.1, -0.05) is 12.8 Å². The maximum Gasteiger partial charge on any atom is 0.314 e. The average Bonchev–Trinajstić information content (AvgIpc) is 3.42. The zero-order chi connectivity index (χ0) is 21.8. The number of hydrogen-bond donors (Lipinski definition) is 1. The zero-order valence-electron chi connectivity index (χ0n) is 16.5. The number of nitrogens with one attached hydrogen (secondary N) is 1. The number of hydrogen-bond acceptors (Lipinski definition) is 7. The van der Waals surface area contributed by atoms with Crippen molar-refractivity contribution in [3.05, 3.63) is 23.8 Å². The molecule has 0 spiro atoms. The maximum absolute atomic E-state index is 13.3. The van der Waals surface area contributed by atoms with E-state index in [9.17, 15) is 22.0 Å². The Hall–Kier alpha value is -2.47. The van der Waals surface area contributed by atoms with Crippen LogP contribution in [0.25, 0.3) is 11.5 Å². The molecule has 2 aromatic rings. The second kappa shape index (κ2) is 7.59. The highest BCUT2D eigenvalue weighted by molar-refractivity contribution is 7.89. The van der Waals surface area contributed by atoms with Crippen molar-refractivity contribution in [3.8, 4) is 11.5 Å². The van der Waals surface area contributed by atoms with Gasteiger partial charge in [0.2, 0.25) is 21.8 Å². The van der Waals surface area contributed by atoms with Crippen molar-refractivity contribution in [1.29, 1.82) is 0 Å². The molecule has 0 radical (unpaired) electrons. The normalized spacial score (nSPS) is 25.5. The van der Waals surface area contributed by atoms with E-state index in [2.05, 4.69) is 20.5 Å². The molecule has 2 aliphatic carbocycles. The predicted molar refractivity (Wildman–Crippen MR) is 102 cm³/mol. The second-order valence-corrected chi connectivity index (χ2v) is 10.1. The van der Waals surface area contributed by atoms with Gasteiger partial charge in [-0.25, -0.2) is 8.42 Å². The minimum absolute atomic E-state index is 0.000333. The molecule has 2 aromatic heterocycles. The standard InChI is InChI=1S/C19H21F2N5O4S/c20-16(21)19-25-24-18(30-19)11-7-15-13(22-8-11)9-26(31(15,28)29)14-4-2-1-3-12(14)23-17(27)10-5-6-10/h7-8,10,12,14,16H,1-6,9H2,(H,23,27)/t12-,14-/m1/s1. The fourth-order valence-corrected chi connectivity index (χ4v) is 6.14. The van der Waals surface area contributed by atoms with Crippen LogP contribution in [0.3, 0.4) is 0 Å². The molecular formula is C19H21F2N5O4S. The Morgan fingerprint density at radius 2 is 1.97 bits per heavy atom. The summed E-state index contributed by atoms with van der Waals surface area (Å²) in [5, 5.41) is 9.89. The average molecular weight is 453 g/mol. The summed E-state index contributed by atoms with van der Waals surface area (Å²) >= 11 is 0. The summed E-state index contributed by atoms with van der Waals surface area (Å²) < 4.78 is 58.5. The number of aromatic nitrogens is 3. The van der Waals surface area contributed by atoms with E-state index in [1.807, 2.05) is 0 Å². The van der Waals surface area contributed by atoms with Crippen LogP contribution in [0.2, 0.25) is 0 Å². The number of carbonyl (C=O) groups excluding carboxylic acids is 1. The number of rotatable bonds is 5. The highest BCUT2D eigenvalue weighted by atomic mass is 32.2. The summed E-state index contributed by atoms with van der Waals surface area (Å²) in [6, 6.07) is 0.740. The Morgan fingerprint density at radius 3 is 2.68 bits per heavy atom. The Morgan fingerprint density at radius 1 is 1.19 bits per heavy atom. The van der Waals surface area contributed by atoms with Gasteiger partial charge in [0.1, 0.15) is 4.90 Å². The third kappa shape index (κ3) is 3.71. The first kappa shape index (κ1) is 20.4. The molecule has 0 aromatic carbocycles. The van der Waals surface area contributed by atoms with Crippen LogP contribution in [0.5, 0.6) is 0 Å². The number of amides is 1. The molecule has 2 atom stereocenters. The van der Waals surface area contributed by atoms with E-state index in [-0.39, 0.29) is 46.8 Å².